The summed E-state index contributed by atoms with van der Waals surface area (Å²) in [5, 5.41) is 0.105. The van der Waals surface area contributed by atoms with Gasteiger partial charge in [-0.05, 0) is 49.6 Å². The maximum atomic E-state index is 13.3. The third-order valence-electron chi connectivity index (χ3n) is 5.52. The van der Waals surface area contributed by atoms with Crippen molar-refractivity contribution in [2.24, 2.45) is 0 Å². The Bertz CT molecular complexity index is 1050. The highest BCUT2D eigenvalue weighted by molar-refractivity contribution is 7.90. The number of amides is 2. The van der Waals surface area contributed by atoms with Crippen LogP contribution >= 0.6 is 11.6 Å². The first-order valence-corrected chi connectivity index (χ1v) is 12.6. The Balaban J connectivity index is 1.75. The molecule has 0 atom stereocenters. The topological polar surface area (TPSA) is 74.8 Å². The normalized spacial score (nSPS) is 15.0. The van der Waals surface area contributed by atoms with Crippen molar-refractivity contribution in [1.29, 1.82) is 0 Å². The molecule has 0 unspecified atom stereocenters. The minimum Gasteiger partial charge on any atom is -0.338 e. The average Bonchev–Trinajstić information content (AvgIpc) is 2.77. The molecule has 2 amide bonds. The van der Waals surface area contributed by atoms with Crippen molar-refractivity contribution in [2.75, 3.05) is 25.9 Å². The molecule has 0 N–H and O–H groups in total. The quantitative estimate of drug-likeness (QED) is 0.652. The van der Waals surface area contributed by atoms with E-state index < -0.39 is 9.84 Å². The molecule has 2 aromatic carbocycles. The van der Waals surface area contributed by atoms with Crippen LogP contribution in [0.3, 0.4) is 0 Å². The summed E-state index contributed by atoms with van der Waals surface area (Å²) < 4.78 is 24.0. The zero-order valence-corrected chi connectivity index (χ0v) is 19.3. The number of carbonyl (C=O) groups is 2. The zero-order valence-electron chi connectivity index (χ0n) is 17.8. The lowest BCUT2D eigenvalue weighted by molar-refractivity contribution is 0.0519. The monoisotopic (exact) mass is 462 g/mol. The second kappa shape index (κ2) is 9.83. The predicted molar refractivity (Wildman–Crippen MR) is 121 cm³/mol. The fraction of sp³-hybridized carbons (Fsp3) is 0.391. The summed E-state index contributed by atoms with van der Waals surface area (Å²) in [7, 11) is -3.54. The van der Waals surface area contributed by atoms with Crippen molar-refractivity contribution in [3.05, 3.63) is 64.7 Å². The van der Waals surface area contributed by atoms with Gasteiger partial charge in [-0.1, -0.05) is 36.7 Å². The molecule has 6 nitrogen and oxygen atoms in total. The number of halogens is 1. The van der Waals surface area contributed by atoms with Gasteiger partial charge in [0.2, 0.25) is 0 Å². The number of rotatable bonds is 6. The van der Waals surface area contributed by atoms with E-state index in [9.17, 15) is 18.0 Å². The lowest BCUT2D eigenvalue weighted by Crippen LogP contribution is -2.49. The van der Waals surface area contributed by atoms with Gasteiger partial charge in [-0.25, -0.2) is 8.42 Å². The van der Waals surface area contributed by atoms with Gasteiger partial charge in [0.1, 0.15) is 0 Å². The van der Waals surface area contributed by atoms with Gasteiger partial charge >= 0.3 is 0 Å². The highest BCUT2D eigenvalue weighted by Gasteiger charge is 2.30. The van der Waals surface area contributed by atoms with E-state index in [1.54, 1.807) is 23.1 Å². The van der Waals surface area contributed by atoms with Crippen LogP contribution in [-0.2, 0) is 9.84 Å². The van der Waals surface area contributed by atoms with Crippen LogP contribution in [0, 0.1) is 0 Å². The van der Waals surface area contributed by atoms with Gasteiger partial charge < -0.3 is 9.80 Å². The third-order valence-corrected chi connectivity index (χ3v) is 7.09. The molecule has 0 aromatic heterocycles. The Labute approximate surface area is 188 Å². The summed E-state index contributed by atoms with van der Waals surface area (Å²) in [6.07, 6.45) is 3.21. The maximum absolute atomic E-state index is 13.3. The van der Waals surface area contributed by atoms with Gasteiger partial charge in [0.25, 0.3) is 11.8 Å². The van der Waals surface area contributed by atoms with Gasteiger partial charge in [0, 0.05) is 43.1 Å². The standard InChI is InChI=1S/C23H27ClN2O4S/c1-3-13-26(23(28)18-9-10-20(24)21(16-18)31(2,29)30)19-11-14-25(15-12-19)22(27)17-7-5-4-6-8-17/h4-10,16,19H,3,11-15H2,1-2H3. The first-order valence-electron chi connectivity index (χ1n) is 10.4. The lowest BCUT2D eigenvalue weighted by atomic mass is 10.0. The average molecular weight is 463 g/mol. The van der Waals surface area contributed by atoms with E-state index in [1.165, 1.54) is 12.1 Å². The number of nitrogens with zero attached hydrogens (tertiary/aromatic N) is 2. The van der Waals surface area contributed by atoms with Crippen molar-refractivity contribution in [3.8, 4) is 0 Å². The highest BCUT2D eigenvalue weighted by Crippen LogP contribution is 2.25. The molecule has 0 saturated carbocycles. The van der Waals surface area contributed by atoms with E-state index in [2.05, 4.69) is 0 Å². The van der Waals surface area contributed by atoms with Gasteiger partial charge in [0.05, 0.1) is 9.92 Å². The SMILES string of the molecule is CCCN(C(=O)c1ccc(Cl)c(S(C)(=O)=O)c1)C1CCN(C(=O)c2ccccc2)CC1. The number of sulfone groups is 1. The van der Waals surface area contributed by atoms with Gasteiger partial charge in [-0.2, -0.15) is 0 Å². The number of piperidine rings is 1. The Morgan fingerprint density at radius 3 is 2.29 bits per heavy atom. The summed E-state index contributed by atoms with van der Waals surface area (Å²) in [4.78, 5) is 29.6. The van der Waals surface area contributed by atoms with E-state index in [0.717, 1.165) is 12.7 Å². The molecule has 0 aliphatic carbocycles. The van der Waals surface area contributed by atoms with E-state index in [1.807, 2.05) is 30.0 Å². The Hall–Kier alpha value is -2.38. The fourth-order valence-corrected chi connectivity index (χ4v) is 5.22. The molecule has 0 bridgehead atoms. The molecule has 8 heteroatoms. The van der Waals surface area contributed by atoms with E-state index >= 15 is 0 Å². The molecule has 0 radical (unpaired) electrons. The maximum Gasteiger partial charge on any atom is 0.254 e. The molecule has 3 rings (SSSR count). The summed E-state index contributed by atoms with van der Waals surface area (Å²) in [5.41, 5.74) is 0.970. The van der Waals surface area contributed by atoms with Crippen molar-refractivity contribution in [3.63, 3.8) is 0 Å². The van der Waals surface area contributed by atoms with Crippen molar-refractivity contribution in [1.82, 2.24) is 9.80 Å². The molecule has 0 spiro atoms. The van der Waals surface area contributed by atoms with Crippen LogP contribution in [0.25, 0.3) is 0 Å². The second-order valence-electron chi connectivity index (χ2n) is 7.81. The minimum atomic E-state index is -3.54. The highest BCUT2D eigenvalue weighted by atomic mass is 35.5. The fourth-order valence-electron chi connectivity index (χ4n) is 3.92. The lowest BCUT2D eigenvalue weighted by Gasteiger charge is -2.38. The number of hydrogen-bond acceptors (Lipinski definition) is 4. The van der Waals surface area contributed by atoms with E-state index in [0.29, 0.717) is 43.6 Å². The number of hydrogen-bond donors (Lipinski definition) is 0. The molecule has 166 valence electrons. The molecule has 2 aromatic rings. The smallest absolute Gasteiger partial charge is 0.254 e. The Morgan fingerprint density at radius 1 is 1.06 bits per heavy atom. The van der Waals surface area contributed by atoms with Crippen LogP contribution in [0.15, 0.2) is 53.4 Å². The molecular formula is C23H27ClN2O4S. The molecule has 31 heavy (non-hydrogen) atoms. The molecule has 1 aliphatic rings. The summed E-state index contributed by atoms with van der Waals surface area (Å²) in [6, 6.07) is 13.6. The summed E-state index contributed by atoms with van der Waals surface area (Å²) in [6.45, 7) is 3.70. The second-order valence-corrected chi connectivity index (χ2v) is 10.2. The number of benzene rings is 2. The molecular weight excluding hydrogens is 436 g/mol. The zero-order chi connectivity index (χ0) is 22.6. The third kappa shape index (κ3) is 5.46. The van der Waals surface area contributed by atoms with E-state index in [-0.39, 0.29) is 27.8 Å². The first-order chi connectivity index (χ1) is 14.7. The van der Waals surface area contributed by atoms with Gasteiger partial charge in [0.15, 0.2) is 9.84 Å². The summed E-state index contributed by atoms with van der Waals surface area (Å²) >= 11 is 6.03. The van der Waals surface area contributed by atoms with Crippen LogP contribution in [0.4, 0.5) is 0 Å². The van der Waals surface area contributed by atoms with Crippen LogP contribution in [0.5, 0.6) is 0 Å². The first kappa shape index (κ1) is 23.3. The predicted octanol–water partition coefficient (Wildman–Crippen LogP) is 3.90. The van der Waals surface area contributed by atoms with Crippen molar-refractivity contribution >= 4 is 33.3 Å². The summed E-state index contributed by atoms with van der Waals surface area (Å²) in [5.74, 6) is -0.209. The molecule has 1 aliphatic heterocycles. The largest absolute Gasteiger partial charge is 0.338 e. The van der Waals surface area contributed by atoms with Crippen molar-refractivity contribution < 1.29 is 18.0 Å². The molecule has 1 heterocycles. The molecule has 1 fully saturated rings. The van der Waals surface area contributed by atoms with Gasteiger partial charge in [-0.3, -0.25) is 9.59 Å². The molecule has 1 saturated heterocycles. The number of carbonyl (C=O) groups excluding carboxylic acids is 2. The van der Waals surface area contributed by atoms with Crippen molar-refractivity contribution in [2.45, 2.75) is 37.1 Å². The van der Waals surface area contributed by atoms with Crippen LogP contribution in [-0.4, -0.2) is 62.0 Å². The minimum absolute atomic E-state index is 0.00270. The van der Waals surface area contributed by atoms with E-state index in [4.69, 9.17) is 11.6 Å². The Morgan fingerprint density at radius 2 is 1.71 bits per heavy atom. The number of likely N-dealkylation sites (tertiary alicyclic amines) is 1. The van der Waals surface area contributed by atoms with Crippen LogP contribution in [0.2, 0.25) is 5.02 Å². The van der Waals surface area contributed by atoms with Crippen LogP contribution < -0.4 is 0 Å². The van der Waals surface area contributed by atoms with Crippen LogP contribution in [0.1, 0.15) is 46.9 Å². The Kier molecular flexibility index (Phi) is 7.38. The van der Waals surface area contributed by atoms with Gasteiger partial charge in [-0.15, -0.1) is 0 Å².